The lowest BCUT2D eigenvalue weighted by atomic mass is 10.3. The molecule has 4 rings (SSSR count). The molecule has 0 bridgehead atoms. The van der Waals surface area contributed by atoms with Crippen LogP contribution >= 0.6 is 0 Å². The van der Waals surface area contributed by atoms with Crippen LogP contribution in [-0.4, -0.2) is 33.0 Å². The molecule has 0 radical (unpaired) electrons. The molecule has 3 aromatic rings. The molecular weight excluding hydrogens is 256 g/mol. The van der Waals surface area contributed by atoms with Gasteiger partial charge in [0.15, 0.2) is 11.5 Å². The molecule has 6 nitrogen and oxygen atoms in total. The third-order valence-corrected chi connectivity index (χ3v) is 3.33. The number of aromatic amines is 1. The first-order chi connectivity index (χ1) is 9.79. The monoisotopic (exact) mass is 270 g/mol. The van der Waals surface area contributed by atoms with Gasteiger partial charge in [0.25, 0.3) is 0 Å². The number of benzene rings is 1. The highest BCUT2D eigenvalue weighted by atomic mass is 16.5. The van der Waals surface area contributed by atoms with Crippen LogP contribution in [0.15, 0.2) is 24.5 Å². The van der Waals surface area contributed by atoms with Gasteiger partial charge in [0.1, 0.15) is 5.82 Å². The summed E-state index contributed by atoms with van der Waals surface area (Å²) < 4.78 is 13.1. The van der Waals surface area contributed by atoms with Crippen molar-refractivity contribution in [3.05, 3.63) is 24.5 Å². The minimum absolute atomic E-state index is 0.679. The van der Waals surface area contributed by atoms with Crippen LogP contribution in [0.2, 0.25) is 0 Å². The molecule has 0 unspecified atom stereocenters. The SMILES string of the molecule is Cn1cc(-c2nc3cc4c(cc3[nH]2)OCCCO4)cn1. The number of hydrogen-bond donors (Lipinski definition) is 1. The van der Waals surface area contributed by atoms with Crippen LogP contribution in [0.3, 0.4) is 0 Å². The summed E-state index contributed by atoms with van der Waals surface area (Å²) in [6, 6.07) is 3.87. The Balaban J connectivity index is 1.83. The number of nitrogens with one attached hydrogen (secondary N) is 1. The summed E-state index contributed by atoms with van der Waals surface area (Å²) in [6.07, 6.45) is 4.61. The number of fused-ring (bicyclic) bond motifs is 2. The molecule has 0 amide bonds. The molecular formula is C14H14N4O2. The molecule has 3 heterocycles. The Bertz CT molecular complexity index is 732. The third-order valence-electron chi connectivity index (χ3n) is 3.33. The van der Waals surface area contributed by atoms with Gasteiger partial charge in [-0.2, -0.15) is 5.10 Å². The first-order valence-electron chi connectivity index (χ1n) is 6.58. The number of hydrogen-bond acceptors (Lipinski definition) is 4. The van der Waals surface area contributed by atoms with E-state index >= 15 is 0 Å². The molecule has 0 atom stereocenters. The summed E-state index contributed by atoms with van der Waals surface area (Å²) in [5, 5.41) is 4.16. The maximum atomic E-state index is 5.69. The average molecular weight is 270 g/mol. The van der Waals surface area contributed by atoms with Crippen molar-refractivity contribution >= 4 is 11.0 Å². The lowest BCUT2D eigenvalue weighted by molar-refractivity contribution is 0.297. The first kappa shape index (κ1) is 11.3. The molecule has 0 spiro atoms. The third kappa shape index (κ3) is 1.80. The van der Waals surface area contributed by atoms with Crippen molar-refractivity contribution in [3.63, 3.8) is 0 Å². The molecule has 20 heavy (non-hydrogen) atoms. The Kier molecular flexibility index (Phi) is 2.42. The molecule has 1 N–H and O–H groups in total. The number of nitrogens with zero attached hydrogens (tertiary/aromatic N) is 3. The van der Waals surface area contributed by atoms with Crippen molar-refractivity contribution in [2.45, 2.75) is 6.42 Å². The van der Waals surface area contributed by atoms with E-state index in [1.54, 1.807) is 10.9 Å². The largest absolute Gasteiger partial charge is 0.489 e. The molecule has 6 heteroatoms. The van der Waals surface area contributed by atoms with Crippen LogP contribution in [0, 0.1) is 0 Å². The van der Waals surface area contributed by atoms with Crippen molar-refractivity contribution in [1.82, 2.24) is 19.7 Å². The smallest absolute Gasteiger partial charge is 0.163 e. The van der Waals surface area contributed by atoms with Gasteiger partial charge in [0, 0.05) is 31.8 Å². The zero-order valence-corrected chi connectivity index (χ0v) is 11.1. The van der Waals surface area contributed by atoms with E-state index in [-0.39, 0.29) is 0 Å². The topological polar surface area (TPSA) is 65.0 Å². The zero-order chi connectivity index (χ0) is 13.5. The lowest BCUT2D eigenvalue weighted by Gasteiger charge is -2.05. The van der Waals surface area contributed by atoms with Crippen LogP contribution in [0.5, 0.6) is 11.5 Å². The fourth-order valence-corrected chi connectivity index (χ4v) is 2.35. The molecule has 0 fully saturated rings. The lowest BCUT2D eigenvalue weighted by Crippen LogP contribution is -1.97. The van der Waals surface area contributed by atoms with Crippen molar-refractivity contribution in [1.29, 1.82) is 0 Å². The summed E-state index contributed by atoms with van der Waals surface area (Å²) >= 11 is 0. The van der Waals surface area contributed by atoms with E-state index in [2.05, 4.69) is 15.1 Å². The van der Waals surface area contributed by atoms with E-state index in [1.165, 1.54) is 0 Å². The van der Waals surface area contributed by atoms with Crippen LogP contribution in [0.25, 0.3) is 22.4 Å². The standard InChI is InChI=1S/C14H14N4O2/c1-18-8-9(7-15-18)14-16-10-5-12-13(6-11(10)17-14)20-4-2-3-19-12/h5-8H,2-4H2,1H3,(H,16,17). The fraction of sp³-hybridized carbons (Fsp3) is 0.286. The summed E-state index contributed by atoms with van der Waals surface area (Å²) in [5.74, 6) is 2.34. The summed E-state index contributed by atoms with van der Waals surface area (Å²) in [6.45, 7) is 1.36. The second kappa shape index (κ2) is 4.26. The van der Waals surface area contributed by atoms with Gasteiger partial charge in [0.2, 0.25) is 0 Å². The highest BCUT2D eigenvalue weighted by Gasteiger charge is 2.14. The number of aromatic nitrogens is 4. The Morgan fingerprint density at radius 2 is 2.00 bits per heavy atom. The summed E-state index contributed by atoms with van der Waals surface area (Å²) in [5.41, 5.74) is 2.77. The van der Waals surface area contributed by atoms with E-state index in [4.69, 9.17) is 9.47 Å². The van der Waals surface area contributed by atoms with Gasteiger partial charge in [-0.25, -0.2) is 4.98 Å². The normalized spacial score (nSPS) is 14.4. The maximum absolute atomic E-state index is 5.69. The molecule has 2 aromatic heterocycles. The van der Waals surface area contributed by atoms with Gasteiger partial charge < -0.3 is 14.5 Å². The number of rotatable bonds is 1. The van der Waals surface area contributed by atoms with E-state index in [1.807, 2.05) is 25.4 Å². The summed E-state index contributed by atoms with van der Waals surface area (Å²) in [7, 11) is 1.88. The van der Waals surface area contributed by atoms with Gasteiger partial charge in [-0.1, -0.05) is 0 Å². The van der Waals surface area contributed by atoms with Crippen molar-refractivity contribution in [2.24, 2.45) is 7.05 Å². The number of H-pyrrole nitrogens is 1. The number of ether oxygens (including phenoxy) is 2. The second-order valence-corrected chi connectivity index (χ2v) is 4.85. The first-order valence-corrected chi connectivity index (χ1v) is 6.58. The predicted octanol–water partition coefficient (Wildman–Crippen LogP) is 2.12. The molecule has 1 aliphatic rings. The minimum atomic E-state index is 0.679. The molecule has 102 valence electrons. The van der Waals surface area contributed by atoms with E-state index in [0.29, 0.717) is 13.2 Å². The highest BCUT2D eigenvalue weighted by Crippen LogP contribution is 2.34. The number of aryl methyl sites for hydroxylation is 1. The second-order valence-electron chi connectivity index (χ2n) is 4.85. The predicted molar refractivity (Wildman–Crippen MR) is 73.9 cm³/mol. The van der Waals surface area contributed by atoms with E-state index < -0.39 is 0 Å². The number of imidazole rings is 1. The molecule has 0 saturated heterocycles. The van der Waals surface area contributed by atoms with E-state index in [0.717, 1.165) is 40.3 Å². The Hall–Kier alpha value is -2.50. The van der Waals surface area contributed by atoms with Gasteiger partial charge in [0.05, 0.1) is 36.0 Å². The Morgan fingerprint density at radius 3 is 2.75 bits per heavy atom. The molecule has 0 saturated carbocycles. The highest BCUT2D eigenvalue weighted by molar-refractivity contribution is 5.82. The summed E-state index contributed by atoms with van der Waals surface area (Å²) in [4.78, 5) is 7.89. The van der Waals surface area contributed by atoms with Gasteiger partial charge >= 0.3 is 0 Å². The van der Waals surface area contributed by atoms with E-state index in [9.17, 15) is 0 Å². The van der Waals surface area contributed by atoms with Crippen LogP contribution in [-0.2, 0) is 7.05 Å². The van der Waals surface area contributed by atoms with Crippen LogP contribution < -0.4 is 9.47 Å². The molecule has 1 aromatic carbocycles. The quantitative estimate of drug-likeness (QED) is 0.735. The Morgan fingerprint density at radius 1 is 1.20 bits per heavy atom. The van der Waals surface area contributed by atoms with Gasteiger partial charge in [-0.3, -0.25) is 4.68 Å². The van der Waals surface area contributed by atoms with Gasteiger partial charge in [-0.05, 0) is 0 Å². The van der Waals surface area contributed by atoms with Gasteiger partial charge in [-0.15, -0.1) is 0 Å². The minimum Gasteiger partial charge on any atom is -0.489 e. The zero-order valence-electron chi connectivity index (χ0n) is 11.1. The van der Waals surface area contributed by atoms with Crippen LogP contribution in [0.4, 0.5) is 0 Å². The van der Waals surface area contributed by atoms with Crippen molar-refractivity contribution in [3.8, 4) is 22.9 Å². The maximum Gasteiger partial charge on any atom is 0.163 e. The fourth-order valence-electron chi connectivity index (χ4n) is 2.35. The van der Waals surface area contributed by atoms with Crippen molar-refractivity contribution < 1.29 is 9.47 Å². The molecule has 1 aliphatic heterocycles. The Labute approximate surface area is 115 Å². The molecule has 0 aliphatic carbocycles. The van der Waals surface area contributed by atoms with Crippen LogP contribution in [0.1, 0.15) is 6.42 Å². The average Bonchev–Trinajstić information content (AvgIpc) is 2.97. The van der Waals surface area contributed by atoms with Crippen molar-refractivity contribution in [2.75, 3.05) is 13.2 Å².